The fraction of sp³-hybridized carbons (Fsp3) is 0.485. The number of alkyl halides is 4. The Morgan fingerprint density at radius 2 is 1.92 bits per heavy atom. The quantitative estimate of drug-likeness (QED) is 0.215. The third kappa shape index (κ3) is 5.29. The highest BCUT2D eigenvalue weighted by Gasteiger charge is 2.50. The maximum Gasteiger partial charge on any atom is 0.417 e. The first kappa shape index (κ1) is 32.2. The van der Waals surface area contributed by atoms with E-state index in [-0.39, 0.29) is 77.9 Å². The molecule has 0 unspecified atom stereocenters. The van der Waals surface area contributed by atoms with Gasteiger partial charge in [-0.1, -0.05) is 0 Å². The van der Waals surface area contributed by atoms with Gasteiger partial charge < -0.3 is 15.0 Å². The summed E-state index contributed by atoms with van der Waals surface area (Å²) in [5.41, 5.74) is -5.19. The maximum atomic E-state index is 17.0. The fourth-order valence-corrected chi connectivity index (χ4v) is 8.54. The number of aromatic amines is 1. The van der Waals surface area contributed by atoms with Gasteiger partial charge in [0.05, 0.1) is 28.4 Å². The molecule has 0 radical (unpaired) electrons. The normalized spacial score (nSPS) is 27.0. The summed E-state index contributed by atoms with van der Waals surface area (Å²) in [4.78, 5) is 12.3. The van der Waals surface area contributed by atoms with Crippen LogP contribution in [-0.4, -0.2) is 81.1 Å². The van der Waals surface area contributed by atoms with E-state index in [0.717, 1.165) is 24.6 Å². The van der Waals surface area contributed by atoms with Gasteiger partial charge in [0.15, 0.2) is 5.82 Å². The topological polar surface area (TPSA) is 82.2 Å². The van der Waals surface area contributed by atoms with Crippen molar-refractivity contribution in [1.82, 2.24) is 30.4 Å². The molecule has 4 fully saturated rings. The lowest BCUT2D eigenvalue weighted by molar-refractivity contribution is -0.137. The third-order valence-corrected chi connectivity index (χ3v) is 10.6. The average molecular weight is 694 g/mol. The van der Waals surface area contributed by atoms with Gasteiger partial charge in [0, 0.05) is 60.1 Å². The molecule has 0 spiro atoms. The number of aromatic nitrogens is 4. The van der Waals surface area contributed by atoms with Crippen molar-refractivity contribution in [2.24, 2.45) is 0 Å². The second kappa shape index (κ2) is 11.2. The van der Waals surface area contributed by atoms with E-state index in [4.69, 9.17) is 4.74 Å². The monoisotopic (exact) mass is 693 g/mol. The van der Waals surface area contributed by atoms with Crippen LogP contribution in [0.25, 0.3) is 32.9 Å². The highest BCUT2D eigenvalue weighted by Crippen LogP contribution is 2.47. The zero-order chi connectivity index (χ0) is 34.5. The minimum Gasteiger partial charge on any atom is -0.461 e. The van der Waals surface area contributed by atoms with Crippen LogP contribution in [0.4, 0.5) is 40.9 Å². The highest BCUT2D eigenvalue weighted by atomic mass is 19.4. The largest absolute Gasteiger partial charge is 0.461 e. The number of nitrogens with one attached hydrogen (secondary N) is 2. The molecule has 6 heterocycles. The predicted molar refractivity (Wildman–Crippen MR) is 164 cm³/mol. The maximum absolute atomic E-state index is 17.0. The van der Waals surface area contributed by atoms with Crippen LogP contribution in [0.2, 0.25) is 0 Å². The van der Waals surface area contributed by atoms with E-state index in [1.54, 1.807) is 4.90 Å². The molecule has 4 saturated heterocycles. The van der Waals surface area contributed by atoms with Crippen molar-refractivity contribution in [1.29, 1.82) is 0 Å². The SMILES string of the molecule is Cc1c(F)cc2[nH]ncc2c1-c1c(C(F)(F)F)cc2c(N3C[C@H]4CC[C@@](C=C(F)F)(C3)N4)nc(OC[C@@]34CCCN3C[C@H](F)C4)nc2c1F. The van der Waals surface area contributed by atoms with Crippen molar-refractivity contribution >= 4 is 27.6 Å². The Labute approximate surface area is 274 Å². The van der Waals surface area contributed by atoms with E-state index in [1.807, 2.05) is 4.90 Å². The number of halogens is 8. The number of hydrogen-bond donors (Lipinski definition) is 2. The second-order valence-corrected chi connectivity index (χ2v) is 13.7. The molecule has 4 aliphatic heterocycles. The van der Waals surface area contributed by atoms with Crippen LogP contribution < -0.4 is 15.0 Å². The summed E-state index contributed by atoms with van der Waals surface area (Å²) in [7, 11) is 0. The Morgan fingerprint density at radius 3 is 2.69 bits per heavy atom. The Morgan fingerprint density at radius 1 is 1.10 bits per heavy atom. The lowest BCUT2D eigenvalue weighted by Gasteiger charge is -2.40. The van der Waals surface area contributed by atoms with Crippen molar-refractivity contribution in [3.63, 3.8) is 0 Å². The molecular weight excluding hydrogens is 662 g/mol. The summed E-state index contributed by atoms with van der Waals surface area (Å²) in [6.45, 7) is 2.20. The molecule has 2 aromatic heterocycles. The van der Waals surface area contributed by atoms with E-state index in [2.05, 4.69) is 25.5 Å². The molecule has 260 valence electrons. The second-order valence-electron chi connectivity index (χ2n) is 13.7. The third-order valence-electron chi connectivity index (χ3n) is 10.6. The van der Waals surface area contributed by atoms with Gasteiger partial charge in [-0.3, -0.25) is 10.00 Å². The first-order chi connectivity index (χ1) is 23.3. The van der Waals surface area contributed by atoms with Gasteiger partial charge in [-0.2, -0.15) is 37.0 Å². The standard InChI is InChI=1S/C33H31F8N7O/c1-16-22(35)8-23-20(11-42-46-23)25(16)26-21(33(39,40)41)7-19-28(27(26)38)43-30(49-15-32-4-2-6-48(32)12-17(34)9-32)44-29(19)47-13-18-3-5-31(14-47,45-18)10-24(36)37/h7-8,10-11,17-18,45H,2-6,9,12-15H2,1H3,(H,42,46)/t17-,18-,31-,32+/m1/s1. The predicted octanol–water partition coefficient (Wildman–Crippen LogP) is 6.82. The highest BCUT2D eigenvalue weighted by molar-refractivity contribution is 6.02. The van der Waals surface area contributed by atoms with Crippen LogP contribution in [0.15, 0.2) is 30.5 Å². The summed E-state index contributed by atoms with van der Waals surface area (Å²) in [6, 6.07) is 1.14. The van der Waals surface area contributed by atoms with Crippen LogP contribution in [0, 0.1) is 18.6 Å². The van der Waals surface area contributed by atoms with E-state index in [9.17, 15) is 26.3 Å². The van der Waals surface area contributed by atoms with Gasteiger partial charge in [-0.25, -0.2) is 13.2 Å². The van der Waals surface area contributed by atoms with Gasteiger partial charge in [0.1, 0.15) is 29.9 Å². The van der Waals surface area contributed by atoms with Gasteiger partial charge >= 0.3 is 12.2 Å². The first-order valence-corrected chi connectivity index (χ1v) is 16.1. The molecule has 8 nitrogen and oxygen atoms in total. The van der Waals surface area contributed by atoms with Crippen molar-refractivity contribution in [3.8, 4) is 17.1 Å². The van der Waals surface area contributed by atoms with Crippen LogP contribution in [0.1, 0.15) is 43.2 Å². The van der Waals surface area contributed by atoms with Crippen LogP contribution in [0.3, 0.4) is 0 Å². The van der Waals surface area contributed by atoms with Crippen molar-refractivity contribution in [2.45, 2.75) is 68.5 Å². The molecule has 4 aliphatic rings. The van der Waals surface area contributed by atoms with E-state index in [0.29, 0.717) is 25.8 Å². The van der Waals surface area contributed by atoms with Gasteiger partial charge in [0.2, 0.25) is 0 Å². The number of ether oxygens (including phenoxy) is 1. The first-order valence-electron chi connectivity index (χ1n) is 16.1. The zero-order valence-corrected chi connectivity index (χ0v) is 26.2. The van der Waals surface area contributed by atoms with E-state index in [1.165, 1.54) is 13.1 Å². The molecule has 4 aromatic rings. The van der Waals surface area contributed by atoms with Crippen molar-refractivity contribution in [2.75, 3.05) is 37.7 Å². The fourth-order valence-electron chi connectivity index (χ4n) is 8.54. The number of hydrogen-bond acceptors (Lipinski definition) is 7. The van der Waals surface area contributed by atoms with Crippen molar-refractivity contribution < 1.29 is 39.9 Å². The Hall–Kier alpha value is -4.05. The molecular formula is C33H31F8N7O. The van der Waals surface area contributed by atoms with Gasteiger partial charge in [0.25, 0.3) is 6.08 Å². The number of anilines is 1. The number of fused-ring (bicyclic) bond motifs is 5. The number of rotatable bonds is 6. The Bertz CT molecular complexity index is 2010. The lowest BCUT2D eigenvalue weighted by atomic mass is 9.90. The molecule has 2 N–H and O–H groups in total. The molecule has 0 saturated carbocycles. The minimum absolute atomic E-state index is 0.0456. The van der Waals surface area contributed by atoms with E-state index >= 15 is 8.78 Å². The summed E-state index contributed by atoms with van der Waals surface area (Å²) in [6.07, 6.45) is -3.58. The minimum atomic E-state index is -5.12. The number of nitrogens with zero attached hydrogens (tertiary/aromatic N) is 5. The van der Waals surface area contributed by atoms with Crippen LogP contribution in [0.5, 0.6) is 6.01 Å². The molecule has 16 heteroatoms. The zero-order valence-electron chi connectivity index (χ0n) is 26.2. The molecule has 0 amide bonds. The number of benzene rings is 2. The molecule has 8 rings (SSSR count). The molecule has 49 heavy (non-hydrogen) atoms. The van der Waals surface area contributed by atoms with E-state index < -0.39 is 57.8 Å². The molecule has 0 aliphatic carbocycles. The number of piperazine rings is 1. The Balaban J connectivity index is 1.34. The summed E-state index contributed by atoms with van der Waals surface area (Å²) < 4.78 is 125. The molecule has 4 atom stereocenters. The molecule has 2 bridgehead atoms. The lowest BCUT2D eigenvalue weighted by Crippen LogP contribution is -2.59. The van der Waals surface area contributed by atoms with Gasteiger partial charge in [-0.15, -0.1) is 0 Å². The summed E-state index contributed by atoms with van der Waals surface area (Å²) in [5.74, 6) is -2.38. The van der Waals surface area contributed by atoms with Crippen LogP contribution in [-0.2, 0) is 6.18 Å². The number of H-pyrrole nitrogens is 1. The van der Waals surface area contributed by atoms with Crippen LogP contribution >= 0.6 is 0 Å². The molecule has 2 aromatic carbocycles. The average Bonchev–Trinajstić information content (AvgIpc) is 3.78. The Kier molecular flexibility index (Phi) is 7.38. The van der Waals surface area contributed by atoms with Gasteiger partial charge in [-0.05, 0) is 56.8 Å². The van der Waals surface area contributed by atoms with Crippen molar-refractivity contribution in [3.05, 3.63) is 53.2 Å². The smallest absolute Gasteiger partial charge is 0.417 e. The summed E-state index contributed by atoms with van der Waals surface area (Å²) in [5, 5.41) is 9.30. The summed E-state index contributed by atoms with van der Waals surface area (Å²) >= 11 is 0.